The van der Waals surface area contributed by atoms with Crippen molar-refractivity contribution in [2.45, 2.75) is 12.8 Å². The normalized spacial score (nSPS) is 14.5. The number of allylic oxidation sites excluding steroid dienone is 1. The van der Waals surface area contributed by atoms with Crippen molar-refractivity contribution in [1.29, 1.82) is 0 Å². The Morgan fingerprint density at radius 2 is 2.15 bits per heavy atom. The van der Waals surface area contributed by atoms with Gasteiger partial charge in [-0.3, -0.25) is 0 Å². The van der Waals surface area contributed by atoms with Crippen molar-refractivity contribution in [3.63, 3.8) is 0 Å². The van der Waals surface area contributed by atoms with Gasteiger partial charge in [0.05, 0.1) is 0 Å². The minimum atomic E-state index is -0.486. The first-order valence-corrected chi connectivity index (χ1v) is 4.71. The van der Waals surface area contributed by atoms with Crippen LogP contribution in [0.15, 0.2) is 22.3 Å². The van der Waals surface area contributed by atoms with Gasteiger partial charge in [-0.05, 0) is 46.5 Å². The quantitative estimate of drug-likeness (QED) is 0.608. The van der Waals surface area contributed by atoms with Gasteiger partial charge in [0.15, 0.2) is 5.82 Å². The summed E-state index contributed by atoms with van der Waals surface area (Å²) in [5, 5.41) is 9.52. The summed E-state index contributed by atoms with van der Waals surface area (Å²) in [6.07, 6.45) is 1.69. The highest BCUT2D eigenvalue weighted by Crippen LogP contribution is 2.35. The molecule has 0 atom stereocenters. The second kappa shape index (κ2) is 3.10. The van der Waals surface area contributed by atoms with Gasteiger partial charge in [0.25, 0.3) is 0 Å². The summed E-state index contributed by atoms with van der Waals surface area (Å²) in [4.78, 5) is 3.87. The van der Waals surface area contributed by atoms with Crippen molar-refractivity contribution in [3.05, 3.63) is 33.8 Å². The van der Waals surface area contributed by atoms with E-state index in [4.69, 9.17) is 0 Å². The molecule has 0 aliphatic heterocycles. The van der Waals surface area contributed by atoms with Crippen LogP contribution in [0.25, 0.3) is 5.76 Å². The Bertz CT molecular complexity index is 383. The van der Waals surface area contributed by atoms with Crippen molar-refractivity contribution in [2.24, 2.45) is 0 Å². The predicted octanol–water partition coefficient (Wildman–Crippen LogP) is 3.05. The van der Waals surface area contributed by atoms with E-state index in [0.717, 1.165) is 18.4 Å². The lowest BCUT2D eigenvalue weighted by Crippen LogP contribution is -1.94. The van der Waals surface area contributed by atoms with Crippen LogP contribution in [0.1, 0.15) is 18.5 Å². The van der Waals surface area contributed by atoms with Crippen molar-refractivity contribution in [3.8, 4) is 0 Å². The molecule has 0 spiro atoms. The van der Waals surface area contributed by atoms with Gasteiger partial charge in [0.2, 0.25) is 0 Å². The molecule has 4 heteroatoms. The van der Waals surface area contributed by atoms with Gasteiger partial charge in [-0.15, -0.1) is 0 Å². The standard InChI is InChI=1S/C9H7BrFNO/c10-7-4-3-6(11)8(12-7)9(13)5-1-2-5/h3-4,13H,1-2H2. The molecule has 1 aliphatic rings. The fourth-order valence-electron chi connectivity index (χ4n) is 1.05. The number of halogens is 2. The third-order valence-electron chi connectivity index (χ3n) is 1.87. The maximum Gasteiger partial charge on any atom is 0.152 e. The van der Waals surface area contributed by atoms with Crippen LogP contribution in [0, 0.1) is 5.82 Å². The van der Waals surface area contributed by atoms with Gasteiger partial charge in [0, 0.05) is 0 Å². The van der Waals surface area contributed by atoms with Gasteiger partial charge in [-0.1, -0.05) is 0 Å². The lowest BCUT2D eigenvalue weighted by molar-refractivity contribution is 0.494. The van der Waals surface area contributed by atoms with E-state index in [1.54, 1.807) is 0 Å². The van der Waals surface area contributed by atoms with Gasteiger partial charge in [-0.25, -0.2) is 9.37 Å². The first-order valence-electron chi connectivity index (χ1n) is 3.92. The van der Waals surface area contributed by atoms with E-state index >= 15 is 0 Å². The Hall–Kier alpha value is -0.900. The smallest absolute Gasteiger partial charge is 0.152 e. The van der Waals surface area contributed by atoms with Crippen LogP contribution in [-0.2, 0) is 0 Å². The van der Waals surface area contributed by atoms with Crippen molar-refractivity contribution in [1.82, 2.24) is 4.98 Å². The SMILES string of the molecule is OC(=C1CC1)c1nc(Br)ccc1F. The number of nitrogens with zero attached hydrogens (tertiary/aromatic N) is 1. The number of hydrogen-bond acceptors (Lipinski definition) is 2. The molecule has 2 nitrogen and oxygen atoms in total. The summed E-state index contributed by atoms with van der Waals surface area (Å²) in [6, 6.07) is 2.79. The molecule has 68 valence electrons. The molecule has 0 saturated heterocycles. The molecule has 1 N–H and O–H groups in total. The second-order valence-electron chi connectivity index (χ2n) is 2.92. The molecule has 1 aliphatic carbocycles. The van der Waals surface area contributed by atoms with Gasteiger partial charge >= 0.3 is 0 Å². The highest BCUT2D eigenvalue weighted by atomic mass is 79.9. The van der Waals surface area contributed by atoms with E-state index in [9.17, 15) is 9.50 Å². The van der Waals surface area contributed by atoms with Crippen LogP contribution in [0.3, 0.4) is 0 Å². The molecule has 1 heterocycles. The Kier molecular flexibility index (Phi) is 2.07. The summed E-state index contributed by atoms with van der Waals surface area (Å²) in [5.41, 5.74) is 0.923. The number of pyridine rings is 1. The van der Waals surface area contributed by atoms with Crippen LogP contribution < -0.4 is 0 Å². The summed E-state index contributed by atoms with van der Waals surface area (Å²) < 4.78 is 13.7. The zero-order chi connectivity index (χ0) is 9.42. The van der Waals surface area contributed by atoms with Crippen molar-refractivity contribution in [2.75, 3.05) is 0 Å². The lowest BCUT2D eigenvalue weighted by Gasteiger charge is -2.00. The molecule has 1 aromatic heterocycles. The fraction of sp³-hybridized carbons (Fsp3) is 0.222. The van der Waals surface area contributed by atoms with Crippen LogP contribution in [0.5, 0.6) is 0 Å². The molecule has 0 unspecified atom stereocenters. The lowest BCUT2D eigenvalue weighted by atomic mass is 10.3. The molecule has 1 fully saturated rings. The molecular formula is C9H7BrFNO. The number of aromatic nitrogens is 1. The second-order valence-corrected chi connectivity index (χ2v) is 3.73. The summed E-state index contributed by atoms with van der Waals surface area (Å²) in [5.74, 6) is -0.487. The Morgan fingerprint density at radius 1 is 1.46 bits per heavy atom. The van der Waals surface area contributed by atoms with Gasteiger partial charge in [-0.2, -0.15) is 0 Å². The Balaban J connectivity index is 2.50. The molecule has 0 aromatic carbocycles. The highest BCUT2D eigenvalue weighted by molar-refractivity contribution is 9.10. The molecule has 0 radical (unpaired) electrons. The number of hydrogen-bond donors (Lipinski definition) is 1. The number of aliphatic hydroxyl groups excluding tert-OH is 1. The summed E-state index contributed by atoms with van der Waals surface area (Å²) in [7, 11) is 0. The zero-order valence-corrected chi connectivity index (χ0v) is 8.31. The molecular weight excluding hydrogens is 237 g/mol. The van der Waals surface area contributed by atoms with Crippen LogP contribution in [0.4, 0.5) is 4.39 Å². The fourth-order valence-corrected chi connectivity index (χ4v) is 1.36. The zero-order valence-electron chi connectivity index (χ0n) is 6.72. The van der Waals surface area contributed by atoms with Gasteiger partial charge < -0.3 is 5.11 Å². The molecule has 0 amide bonds. The molecule has 1 aromatic rings. The monoisotopic (exact) mass is 243 g/mol. The van der Waals surface area contributed by atoms with Crippen LogP contribution >= 0.6 is 15.9 Å². The first kappa shape index (κ1) is 8.69. The highest BCUT2D eigenvalue weighted by Gasteiger charge is 2.21. The van der Waals surface area contributed by atoms with Crippen LogP contribution in [-0.4, -0.2) is 10.1 Å². The molecule has 13 heavy (non-hydrogen) atoms. The van der Waals surface area contributed by atoms with Crippen LogP contribution in [0.2, 0.25) is 0 Å². The maximum atomic E-state index is 13.1. The third-order valence-corrected chi connectivity index (χ3v) is 2.31. The van der Waals surface area contributed by atoms with Crippen molar-refractivity contribution < 1.29 is 9.50 Å². The number of aliphatic hydroxyl groups is 1. The maximum absolute atomic E-state index is 13.1. The largest absolute Gasteiger partial charge is 0.506 e. The van der Waals surface area contributed by atoms with E-state index in [1.807, 2.05) is 0 Å². The van der Waals surface area contributed by atoms with E-state index in [-0.39, 0.29) is 11.5 Å². The predicted molar refractivity (Wildman–Crippen MR) is 50.7 cm³/mol. The summed E-state index contributed by atoms with van der Waals surface area (Å²) in [6.45, 7) is 0. The minimum absolute atomic E-state index is 0.00111. The number of rotatable bonds is 1. The average Bonchev–Trinajstić information content (AvgIpc) is 2.91. The van der Waals surface area contributed by atoms with Gasteiger partial charge in [0.1, 0.15) is 16.1 Å². The topological polar surface area (TPSA) is 33.1 Å². The molecule has 2 rings (SSSR count). The molecule has 0 bridgehead atoms. The Labute approximate surface area is 83.2 Å². The van der Waals surface area contributed by atoms with E-state index in [1.165, 1.54) is 12.1 Å². The third kappa shape index (κ3) is 1.72. The van der Waals surface area contributed by atoms with E-state index < -0.39 is 5.82 Å². The first-order chi connectivity index (χ1) is 6.18. The summed E-state index contributed by atoms with van der Waals surface area (Å²) >= 11 is 3.12. The van der Waals surface area contributed by atoms with E-state index in [0.29, 0.717) is 4.60 Å². The average molecular weight is 244 g/mol. The van der Waals surface area contributed by atoms with Crippen molar-refractivity contribution >= 4 is 21.7 Å². The molecule has 1 saturated carbocycles. The minimum Gasteiger partial charge on any atom is -0.506 e. The Morgan fingerprint density at radius 3 is 2.77 bits per heavy atom. The van der Waals surface area contributed by atoms with E-state index in [2.05, 4.69) is 20.9 Å².